The van der Waals surface area contributed by atoms with Crippen LogP contribution < -0.4 is 0 Å². The van der Waals surface area contributed by atoms with Crippen molar-refractivity contribution in [3.05, 3.63) is 59.8 Å². The Morgan fingerprint density at radius 1 is 1.00 bits per heavy atom. The molecular weight excluding hydrogens is 256 g/mol. The van der Waals surface area contributed by atoms with Crippen LogP contribution in [-0.2, 0) is 0 Å². The Kier molecular flexibility index (Phi) is 6.42. The molecule has 0 radical (unpaired) electrons. The highest BCUT2D eigenvalue weighted by Crippen LogP contribution is 2.40. The third-order valence-electron chi connectivity index (χ3n) is 3.87. The first-order valence-electron chi connectivity index (χ1n) is 7.84. The van der Waals surface area contributed by atoms with Crippen LogP contribution in [-0.4, -0.2) is 10.7 Å². The average Bonchev–Trinajstić information content (AvgIpc) is 2.33. The van der Waals surface area contributed by atoms with E-state index in [1.165, 1.54) is 30.4 Å². The van der Waals surface area contributed by atoms with Crippen molar-refractivity contribution in [2.24, 2.45) is 5.41 Å². The van der Waals surface area contributed by atoms with Crippen LogP contribution in [0.1, 0.15) is 53.9 Å². The third-order valence-corrected chi connectivity index (χ3v) is 3.87. The summed E-state index contributed by atoms with van der Waals surface area (Å²) in [5.74, 6) is 0. The number of hydrogen-bond donors (Lipinski definition) is 1. The molecule has 1 rings (SSSR count). The zero-order valence-corrected chi connectivity index (χ0v) is 14.2. The molecule has 1 aliphatic rings. The molecule has 1 aliphatic carbocycles. The highest BCUT2D eigenvalue weighted by Gasteiger charge is 2.26. The lowest BCUT2D eigenvalue weighted by Gasteiger charge is -2.32. The van der Waals surface area contributed by atoms with Crippen LogP contribution >= 0.6 is 0 Å². The van der Waals surface area contributed by atoms with E-state index in [4.69, 9.17) is 0 Å². The Hall–Kier alpha value is -1.34. The molecule has 0 aromatic carbocycles. The van der Waals surface area contributed by atoms with Crippen molar-refractivity contribution >= 4 is 0 Å². The van der Waals surface area contributed by atoms with Gasteiger partial charge < -0.3 is 5.11 Å². The molecule has 0 saturated heterocycles. The first-order chi connectivity index (χ1) is 9.72. The molecule has 0 atom stereocenters. The molecule has 0 bridgehead atoms. The van der Waals surface area contributed by atoms with Crippen LogP contribution in [0.4, 0.5) is 0 Å². The first-order valence-corrected chi connectivity index (χ1v) is 7.84. The fraction of sp³-hybridized carbons (Fsp3) is 0.500. The topological polar surface area (TPSA) is 20.2 Å². The zero-order valence-electron chi connectivity index (χ0n) is 14.2. The summed E-state index contributed by atoms with van der Waals surface area (Å²) in [6, 6.07) is 0. The van der Waals surface area contributed by atoms with Crippen molar-refractivity contribution in [1.29, 1.82) is 0 Å². The van der Waals surface area contributed by atoms with Crippen molar-refractivity contribution in [2.75, 3.05) is 0 Å². The molecule has 0 aliphatic heterocycles. The van der Waals surface area contributed by atoms with Gasteiger partial charge in [-0.3, -0.25) is 0 Å². The van der Waals surface area contributed by atoms with Gasteiger partial charge in [0, 0.05) is 0 Å². The van der Waals surface area contributed by atoms with Crippen LogP contribution in [0.5, 0.6) is 0 Å². The molecule has 0 fully saturated rings. The molecule has 1 N–H and O–H groups in total. The van der Waals surface area contributed by atoms with Gasteiger partial charge in [-0.15, -0.1) is 0 Å². The molecule has 1 nitrogen and oxygen atoms in total. The van der Waals surface area contributed by atoms with Crippen LogP contribution in [0.15, 0.2) is 59.8 Å². The zero-order chi connectivity index (χ0) is 15.9. The maximum absolute atomic E-state index is 9.52. The van der Waals surface area contributed by atoms with E-state index < -0.39 is 5.60 Å². The monoisotopic (exact) mass is 286 g/mol. The summed E-state index contributed by atoms with van der Waals surface area (Å²) in [7, 11) is 0. The van der Waals surface area contributed by atoms with Crippen LogP contribution in [0.2, 0.25) is 0 Å². The molecule has 21 heavy (non-hydrogen) atoms. The molecule has 0 aromatic rings. The highest BCUT2D eigenvalue weighted by atomic mass is 16.3. The summed E-state index contributed by atoms with van der Waals surface area (Å²) in [4.78, 5) is 0. The summed E-state index contributed by atoms with van der Waals surface area (Å²) in [6.45, 7) is 10.4. The fourth-order valence-corrected chi connectivity index (χ4v) is 2.71. The lowest BCUT2D eigenvalue weighted by atomic mass is 9.73. The summed E-state index contributed by atoms with van der Waals surface area (Å²) in [6.07, 6.45) is 19.8. The van der Waals surface area contributed by atoms with Gasteiger partial charge >= 0.3 is 0 Å². The van der Waals surface area contributed by atoms with Gasteiger partial charge in [-0.1, -0.05) is 68.0 Å². The van der Waals surface area contributed by atoms with Crippen molar-refractivity contribution < 1.29 is 5.11 Å². The Morgan fingerprint density at radius 2 is 1.57 bits per heavy atom. The van der Waals surface area contributed by atoms with Gasteiger partial charge in [0.15, 0.2) is 0 Å². The second kappa shape index (κ2) is 7.61. The molecule has 0 saturated carbocycles. The minimum atomic E-state index is -0.746. The molecule has 0 aromatic heterocycles. The van der Waals surface area contributed by atoms with E-state index in [-0.39, 0.29) is 0 Å². The van der Waals surface area contributed by atoms with E-state index in [0.717, 1.165) is 0 Å². The predicted molar refractivity (Wildman–Crippen MR) is 93.2 cm³/mol. The van der Waals surface area contributed by atoms with Gasteiger partial charge in [0.1, 0.15) is 0 Å². The molecule has 0 spiro atoms. The van der Waals surface area contributed by atoms with Gasteiger partial charge in [-0.05, 0) is 51.0 Å². The van der Waals surface area contributed by atoms with Gasteiger partial charge in [-0.25, -0.2) is 0 Å². The first kappa shape index (κ1) is 17.7. The van der Waals surface area contributed by atoms with Gasteiger partial charge in [0.05, 0.1) is 5.60 Å². The van der Waals surface area contributed by atoms with E-state index in [2.05, 4.69) is 39.0 Å². The molecule has 1 heteroatoms. The second-order valence-electron chi connectivity index (χ2n) is 7.07. The Balaban J connectivity index is 2.56. The third kappa shape index (κ3) is 6.77. The number of aliphatic hydroxyl groups is 1. The normalized spacial score (nSPS) is 20.7. The summed E-state index contributed by atoms with van der Waals surface area (Å²) in [5.41, 5.74) is 2.58. The van der Waals surface area contributed by atoms with E-state index in [9.17, 15) is 5.11 Å². The van der Waals surface area contributed by atoms with E-state index in [0.29, 0.717) is 5.41 Å². The Morgan fingerprint density at radius 3 is 2.14 bits per heavy atom. The van der Waals surface area contributed by atoms with E-state index >= 15 is 0 Å². The number of rotatable bonds is 5. The minimum absolute atomic E-state index is 0.304. The smallest absolute Gasteiger partial charge is 0.0774 e. The predicted octanol–water partition coefficient (Wildman–Crippen LogP) is 5.51. The summed E-state index contributed by atoms with van der Waals surface area (Å²) >= 11 is 0. The minimum Gasteiger partial charge on any atom is -0.386 e. The Bertz CT molecular complexity index is 476. The number of hydrogen-bond acceptors (Lipinski definition) is 1. The van der Waals surface area contributed by atoms with Crippen molar-refractivity contribution in [1.82, 2.24) is 0 Å². The van der Waals surface area contributed by atoms with Gasteiger partial charge in [-0.2, -0.15) is 0 Å². The van der Waals surface area contributed by atoms with Crippen LogP contribution in [0, 0.1) is 5.41 Å². The molecule has 0 amide bonds. The van der Waals surface area contributed by atoms with E-state index in [1.54, 1.807) is 19.9 Å². The Labute approximate surface area is 130 Å². The molecular formula is C20H30O. The lowest BCUT2D eigenvalue weighted by molar-refractivity contribution is 0.133. The standard InChI is InChI=1S/C20H30O/c1-17-13-12-15-19(2,3)18(17)14-10-8-6-7-9-11-16-20(4,5)21/h6-11,14,16,21H,12-13,15H2,1-5H3/b8-6+,9-7+,14-10+,16-11+. The van der Waals surface area contributed by atoms with Crippen molar-refractivity contribution in [3.63, 3.8) is 0 Å². The molecule has 116 valence electrons. The quantitative estimate of drug-likeness (QED) is 0.661. The van der Waals surface area contributed by atoms with Crippen LogP contribution in [0.25, 0.3) is 0 Å². The SMILES string of the molecule is CC1=C(/C=C/C=C/C=C/C=C/C(C)(C)O)C(C)(C)CCC1. The maximum Gasteiger partial charge on any atom is 0.0774 e. The fourth-order valence-electron chi connectivity index (χ4n) is 2.71. The second-order valence-corrected chi connectivity index (χ2v) is 7.07. The number of allylic oxidation sites excluding steroid dienone is 9. The largest absolute Gasteiger partial charge is 0.386 e. The van der Waals surface area contributed by atoms with Crippen LogP contribution in [0.3, 0.4) is 0 Å². The summed E-state index contributed by atoms with van der Waals surface area (Å²) in [5, 5.41) is 9.52. The van der Waals surface area contributed by atoms with Crippen molar-refractivity contribution in [3.8, 4) is 0 Å². The van der Waals surface area contributed by atoms with Gasteiger partial charge in [0.2, 0.25) is 0 Å². The molecule has 0 heterocycles. The average molecular weight is 286 g/mol. The highest BCUT2D eigenvalue weighted by molar-refractivity contribution is 5.34. The lowest BCUT2D eigenvalue weighted by Crippen LogP contribution is -2.18. The van der Waals surface area contributed by atoms with E-state index in [1.807, 2.05) is 24.3 Å². The maximum atomic E-state index is 9.52. The van der Waals surface area contributed by atoms with Gasteiger partial charge in [0.25, 0.3) is 0 Å². The summed E-state index contributed by atoms with van der Waals surface area (Å²) < 4.78 is 0. The molecule has 0 unspecified atom stereocenters. The van der Waals surface area contributed by atoms with Crippen molar-refractivity contribution in [2.45, 2.75) is 59.5 Å².